The van der Waals surface area contributed by atoms with E-state index in [1.54, 1.807) is 6.92 Å². The van der Waals surface area contributed by atoms with E-state index in [0.29, 0.717) is 6.42 Å². The van der Waals surface area contributed by atoms with Crippen molar-refractivity contribution in [1.82, 2.24) is 0 Å². The molecule has 1 aliphatic heterocycles. The van der Waals surface area contributed by atoms with E-state index in [2.05, 4.69) is 0 Å². The molecule has 2 unspecified atom stereocenters. The Labute approximate surface area is 71.8 Å². The van der Waals surface area contributed by atoms with Crippen molar-refractivity contribution in [3.8, 4) is 0 Å². The second-order valence-electron chi connectivity index (χ2n) is 2.69. The molecule has 0 bridgehead atoms. The van der Waals surface area contributed by atoms with Crippen LogP contribution in [0, 0.1) is 0 Å². The quantitative estimate of drug-likeness (QED) is 0.461. The van der Waals surface area contributed by atoms with Crippen LogP contribution in [0.3, 0.4) is 0 Å². The summed E-state index contributed by atoms with van der Waals surface area (Å²) in [5.74, 6) is 0. The number of rotatable bonds is 0. The van der Waals surface area contributed by atoms with Gasteiger partial charge in [-0.1, -0.05) is 0 Å². The second-order valence-corrected chi connectivity index (χ2v) is 2.69. The van der Waals surface area contributed by atoms with E-state index < -0.39 is 12.4 Å². The molecule has 0 aliphatic carbocycles. The molecule has 1 aliphatic rings. The Hall–Kier alpha value is 0.130. The van der Waals surface area contributed by atoms with Gasteiger partial charge in [-0.25, -0.2) is 0 Å². The van der Waals surface area contributed by atoms with Crippen molar-refractivity contribution in [2.75, 3.05) is 0 Å². The molecular weight excluding hydrogens is 170 g/mol. The fourth-order valence-electron chi connectivity index (χ4n) is 1.10. The van der Waals surface area contributed by atoms with Gasteiger partial charge in [-0.3, -0.25) is 0 Å². The molecule has 11 heavy (non-hydrogen) atoms. The highest BCUT2D eigenvalue weighted by Gasteiger charge is 2.31. The third kappa shape index (κ3) is 2.57. The molecule has 0 saturated carbocycles. The minimum atomic E-state index is -0.812. The summed E-state index contributed by atoms with van der Waals surface area (Å²) in [6.45, 7) is 1.69. The highest BCUT2D eigenvalue weighted by atomic mass is 35.5. The summed E-state index contributed by atoms with van der Waals surface area (Å²) in [7, 11) is 0. The summed E-state index contributed by atoms with van der Waals surface area (Å²) in [4.78, 5) is 0. The van der Waals surface area contributed by atoms with Gasteiger partial charge in [-0.15, -0.1) is 12.4 Å². The standard InChI is InChI=1S/C6H13NO3.ClH/c1-3-6(9)4(7)2-5(8)10-3;/h3-6,8-9H,2,7H2,1H3;1H/t3?,4-,5?,6-;/m1./s1. The number of halogens is 1. The maximum absolute atomic E-state index is 9.20. The Bertz CT molecular complexity index is 112. The van der Waals surface area contributed by atoms with E-state index in [1.807, 2.05) is 0 Å². The van der Waals surface area contributed by atoms with Crippen molar-refractivity contribution in [1.29, 1.82) is 0 Å². The Morgan fingerprint density at radius 1 is 1.45 bits per heavy atom. The molecule has 68 valence electrons. The summed E-state index contributed by atoms with van der Waals surface area (Å²) >= 11 is 0. The molecule has 0 aromatic carbocycles. The lowest BCUT2D eigenvalue weighted by Crippen LogP contribution is -2.51. The highest BCUT2D eigenvalue weighted by Crippen LogP contribution is 2.16. The molecule has 4 N–H and O–H groups in total. The largest absolute Gasteiger partial charge is 0.389 e. The third-order valence-electron chi connectivity index (χ3n) is 1.77. The predicted molar refractivity (Wildman–Crippen MR) is 42.4 cm³/mol. The second kappa shape index (κ2) is 4.23. The fourth-order valence-corrected chi connectivity index (χ4v) is 1.10. The smallest absolute Gasteiger partial charge is 0.156 e. The fraction of sp³-hybridized carbons (Fsp3) is 1.00. The van der Waals surface area contributed by atoms with Crippen molar-refractivity contribution in [3.63, 3.8) is 0 Å². The van der Waals surface area contributed by atoms with Crippen molar-refractivity contribution >= 4 is 12.4 Å². The molecule has 5 heteroatoms. The van der Waals surface area contributed by atoms with Crippen molar-refractivity contribution < 1.29 is 14.9 Å². The minimum absolute atomic E-state index is 0. The van der Waals surface area contributed by atoms with Crippen LogP contribution in [0.1, 0.15) is 13.3 Å². The normalized spacial score (nSPS) is 44.7. The Balaban J connectivity index is 0.000001000. The summed E-state index contributed by atoms with van der Waals surface area (Å²) < 4.78 is 4.89. The molecule has 0 aromatic rings. The molecule has 0 aromatic heterocycles. The molecule has 4 atom stereocenters. The Kier molecular flexibility index (Phi) is 4.28. The first-order valence-corrected chi connectivity index (χ1v) is 3.38. The van der Waals surface area contributed by atoms with Gasteiger partial charge in [0, 0.05) is 12.5 Å². The van der Waals surface area contributed by atoms with Crippen LogP contribution in [0.2, 0.25) is 0 Å². The molecule has 1 rings (SSSR count). The van der Waals surface area contributed by atoms with Crippen LogP contribution in [0.15, 0.2) is 0 Å². The first kappa shape index (κ1) is 11.1. The van der Waals surface area contributed by atoms with Gasteiger partial charge in [0.15, 0.2) is 6.29 Å². The van der Waals surface area contributed by atoms with Gasteiger partial charge < -0.3 is 20.7 Å². The van der Waals surface area contributed by atoms with Crippen LogP contribution < -0.4 is 5.73 Å². The first-order valence-electron chi connectivity index (χ1n) is 3.38. The molecule has 4 nitrogen and oxygen atoms in total. The maximum atomic E-state index is 9.20. The molecule has 0 radical (unpaired) electrons. The van der Waals surface area contributed by atoms with Crippen LogP contribution in [-0.2, 0) is 4.74 Å². The number of ether oxygens (including phenoxy) is 1. The van der Waals surface area contributed by atoms with Gasteiger partial charge in [0.25, 0.3) is 0 Å². The van der Waals surface area contributed by atoms with Crippen molar-refractivity contribution in [3.05, 3.63) is 0 Å². The summed E-state index contributed by atoms with van der Waals surface area (Å²) in [6, 6.07) is -0.362. The maximum Gasteiger partial charge on any atom is 0.156 e. The summed E-state index contributed by atoms with van der Waals surface area (Å²) in [5, 5.41) is 18.2. The molecular formula is C6H14ClNO3. The van der Waals surface area contributed by atoms with E-state index in [4.69, 9.17) is 15.6 Å². The number of nitrogens with two attached hydrogens (primary N) is 1. The van der Waals surface area contributed by atoms with E-state index in [1.165, 1.54) is 0 Å². The molecule has 1 fully saturated rings. The lowest BCUT2D eigenvalue weighted by atomic mass is 10.0. The Morgan fingerprint density at radius 3 is 2.45 bits per heavy atom. The average Bonchev–Trinajstić information content (AvgIpc) is 1.82. The van der Waals surface area contributed by atoms with Gasteiger partial charge >= 0.3 is 0 Å². The molecule has 0 spiro atoms. The lowest BCUT2D eigenvalue weighted by molar-refractivity contribution is -0.198. The zero-order valence-corrected chi connectivity index (χ0v) is 7.12. The number of aliphatic hydroxyl groups excluding tert-OH is 2. The van der Waals surface area contributed by atoms with E-state index in [9.17, 15) is 5.11 Å². The van der Waals surface area contributed by atoms with Gasteiger partial charge in [0.1, 0.15) is 0 Å². The van der Waals surface area contributed by atoms with Crippen molar-refractivity contribution in [2.45, 2.75) is 37.9 Å². The van der Waals surface area contributed by atoms with E-state index >= 15 is 0 Å². The van der Waals surface area contributed by atoms with Gasteiger partial charge in [-0.05, 0) is 6.92 Å². The lowest BCUT2D eigenvalue weighted by Gasteiger charge is -2.33. The summed E-state index contributed by atoms with van der Waals surface area (Å²) in [6.07, 6.45) is -1.51. The molecule has 0 amide bonds. The highest BCUT2D eigenvalue weighted by molar-refractivity contribution is 5.85. The SMILES string of the molecule is CC1OC(O)C[C@@H](N)[C@@H]1O.Cl. The van der Waals surface area contributed by atoms with Crippen LogP contribution in [0.4, 0.5) is 0 Å². The average molecular weight is 184 g/mol. The topological polar surface area (TPSA) is 75.7 Å². The Morgan fingerprint density at radius 2 is 2.00 bits per heavy atom. The minimum Gasteiger partial charge on any atom is -0.389 e. The van der Waals surface area contributed by atoms with Crippen LogP contribution in [-0.4, -0.2) is 34.8 Å². The van der Waals surface area contributed by atoms with Gasteiger partial charge in [0.05, 0.1) is 12.2 Å². The van der Waals surface area contributed by atoms with Crippen LogP contribution in [0.25, 0.3) is 0 Å². The van der Waals surface area contributed by atoms with Crippen LogP contribution >= 0.6 is 12.4 Å². The zero-order chi connectivity index (χ0) is 7.72. The number of aliphatic hydroxyl groups is 2. The van der Waals surface area contributed by atoms with Crippen molar-refractivity contribution in [2.24, 2.45) is 5.73 Å². The predicted octanol–water partition coefficient (Wildman–Crippen LogP) is -0.776. The zero-order valence-electron chi connectivity index (χ0n) is 6.30. The van der Waals surface area contributed by atoms with E-state index in [-0.39, 0.29) is 24.6 Å². The molecule has 1 heterocycles. The van der Waals surface area contributed by atoms with Gasteiger partial charge in [0.2, 0.25) is 0 Å². The third-order valence-corrected chi connectivity index (χ3v) is 1.77. The summed E-state index contributed by atoms with van der Waals surface area (Å²) in [5.41, 5.74) is 5.47. The molecule has 1 saturated heterocycles. The number of hydrogen-bond acceptors (Lipinski definition) is 4. The number of hydrogen-bond donors (Lipinski definition) is 3. The van der Waals surface area contributed by atoms with Gasteiger partial charge in [-0.2, -0.15) is 0 Å². The van der Waals surface area contributed by atoms with E-state index in [0.717, 1.165) is 0 Å². The van der Waals surface area contributed by atoms with Crippen LogP contribution in [0.5, 0.6) is 0 Å². The monoisotopic (exact) mass is 183 g/mol. The first-order chi connectivity index (χ1) is 4.61.